The molecular weight excluding hydrogens is 250 g/mol. The lowest BCUT2D eigenvalue weighted by Gasteiger charge is -2.14. The van der Waals surface area contributed by atoms with Gasteiger partial charge in [-0.2, -0.15) is 0 Å². The Balaban J connectivity index is 2.13. The molecule has 0 fully saturated rings. The summed E-state index contributed by atoms with van der Waals surface area (Å²) in [6.07, 6.45) is 0. The largest absolute Gasteiger partial charge is 0.323 e. The first kappa shape index (κ1) is 14.2. The van der Waals surface area contributed by atoms with Crippen LogP contribution in [0.4, 0.5) is 5.69 Å². The van der Waals surface area contributed by atoms with Gasteiger partial charge in [0.05, 0.1) is 11.4 Å². The number of pyridine rings is 1. The van der Waals surface area contributed by atoms with Gasteiger partial charge in [-0.1, -0.05) is 29.8 Å². The summed E-state index contributed by atoms with van der Waals surface area (Å²) in [5.41, 5.74) is 10.3. The van der Waals surface area contributed by atoms with Crippen LogP contribution in [0, 0.1) is 20.8 Å². The average molecular weight is 269 g/mol. The molecule has 2 aromatic rings. The number of benzene rings is 1. The summed E-state index contributed by atoms with van der Waals surface area (Å²) in [6, 6.07) is 10.7. The third kappa shape index (κ3) is 3.22. The van der Waals surface area contributed by atoms with Gasteiger partial charge in [-0.3, -0.25) is 9.78 Å². The Bertz CT molecular complexity index is 620. The number of anilines is 1. The van der Waals surface area contributed by atoms with Gasteiger partial charge >= 0.3 is 0 Å². The van der Waals surface area contributed by atoms with Crippen LogP contribution in [0.5, 0.6) is 0 Å². The highest BCUT2D eigenvalue weighted by molar-refractivity contribution is 5.95. The number of aromatic nitrogens is 1. The van der Waals surface area contributed by atoms with Crippen LogP contribution in [0.25, 0.3) is 0 Å². The van der Waals surface area contributed by atoms with Crippen LogP contribution in [0.3, 0.4) is 0 Å². The minimum absolute atomic E-state index is 0.234. The first-order chi connectivity index (χ1) is 9.47. The maximum Gasteiger partial charge on any atom is 0.245 e. The number of hydrogen-bond acceptors (Lipinski definition) is 3. The molecule has 20 heavy (non-hydrogen) atoms. The molecule has 0 aliphatic heterocycles. The molecule has 4 heteroatoms. The molecule has 1 aromatic heterocycles. The van der Waals surface area contributed by atoms with Crippen LogP contribution in [0.1, 0.15) is 28.6 Å². The minimum Gasteiger partial charge on any atom is -0.323 e. The van der Waals surface area contributed by atoms with E-state index in [4.69, 9.17) is 5.73 Å². The van der Waals surface area contributed by atoms with Crippen LogP contribution in [0.2, 0.25) is 0 Å². The topological polar surface area (TPSA) is 68.0 Å². The first-order valence-corrected chi connectivity index (χ1v) is 6.54. The predicted molar refractivity (Wildman–Crippen MR) is 80.4 cm³/mol. The molecule has 0 bridgehead atoms. The summed E-state index contributed by atoms with van der Waals surface area (Å²) in [5, 5.41) is 2.82. The summed E-state index contributed by atoms with van der Waals surface area (Å²) in [7, 11) is 0. The Hall–Kier alpha value is -2.20. The molecule has 0 radical (unpaired) electrons. The standard InChI is InChI=1S/C16H19N3O/c1-10-4-7-13(8-5-10)15(17)16(20)19-14-9-6-11(2)18-12(14)3/h4-9,15H,17H2,1-3H3,(H,19,20). The monoisotopic (exact) mass is 269 g/mol. The van der Waals surface area contributed by atoms with E-state index in [9.17, 15) is 4.79 Å². The molecule has 0 aliphatic rings. The van der Waals surface area contributed by atoms with E-state index in [1.54, 1.807) is 0 Å². The molecule has 3 N–H and O–H groups in total. The van der Waals surface area contributed by atoms with Crippen LogP contribution in [-0.4, -0.2) is 10.9 Å². The number of nitrogens with two attached hydrogens (primary N) is 1. The summed E-state index contributed by atoms with van der Waals surface area (Å²) in [5.74, 6) is -0.234. The van der Waals surface area contributed by atoms with Crippen molar-refractivity contribution < 1.29 is 4.79 Å². The van der Waals surface area contributed by atoms with E-state index in [-0.39, 0.29) is 5.91 Å². The molecule has 1 heterocycles. The second-order valence-corrected chi connectivity index (χ2v) is 4.96. The van der Waals surface area contributed by atoms with Crippen molar-refractivity contribution >= 4 is 11.6 Å². The maximum atomic E-state index is 12.2. The zero-order valence-electron chi connectivity index (χ0n) is 12.0. The van der Waals surface area contributed by atoms with E-state index in [0.717, 1.165) is 22.5 Å². The number of carbonyl (C=O) groups excluding carboxylic acids is 1. The molecule has 0 saturated heterocycles. The van der Waals surface area contributed by atoms with E-state index in [1.165, 1.54) is 0 Å². The number of amides is 1. The lowest BCUT2D eigenvalue weighted by molar-refractivity contribution is -0.117. The number of aryl methyl sites for hydroxylation is 3. The third-order valence-electron chi connectivity index (χ3n) is 3.20. The van der Waals surface area contributed by atoms with E-state index in [1.807, 2.05) is 57.2 Å². The molecule has 104 valence electrons. The first-order valence-electron chi connectivity index (χ1n) is 6.54. The van der Waals surface area contributed by atoms with Crippen molar-refractivity contribution in [3.05, 3.63) is 58.9 Å². The number of nitrogens with zero attached hydrogens (tertiary/aromatic N) is 1. The van der Waals surface area contributed by atoms with Crippen molar-refractivity contribution in [2.24, 2.45) is 5.73 Å². The Morgan fingerprint density at radius 3 is 2.35 bits per heavy atom. The fourth-order valence-corrected chi connectivity index (χ4v) is 1.95. The molecular formula is C16H19N3O. The number of nitrogens with one attached hydrogen (secondary N) is 1. The van der Waals surface area contributed by atoms with Gasteiger partial charge in [-0.15, -0.1) is 0 Å². The van der Waals surface area contributed by atoms with Gasteiger partial charge in [0.2, 0.25) is 5.91 Å². The fraction of sp³-hybridized carbons (Fsp3) is 0.250. The Kier molecular flexibility index (Phi) is 4.15. The van der Waals surface area contributed by atoms with Crippen molar-refractivity contribution in [2.45, 2.75) is 26.8 Å². The molecule has 0 spiro atoms. The Labute approximate surface area is 119 Å². The SMILES string of the molecule is Cc1ccc(C(N)C(=O)Nc2ccc(C)nc2C)cc1. The smallest absolute Gasteiger partial charge is 0.245 e. The Morgan fingerprint density at radius 2 is 1.75 bits per heavy atom. The summed E-state index contributed by atoms with van der Waals surface area (Å²) in [6.45, 7) is 5.77. The van der Waals surface area contributed by atoms with E-state index in [2.05, 4.69) is 10.3 Å². The molecule has 0 aliphatic carbocycles. The van der Waals surface area contributed by atoms with Gasteiger partial charge in [0, 0.05) is 5.69 Å². The van der Waals surface area contributed by atoms with Crippen LogP contribution in [-0.2, 0) is 4.79 Å². The summed E-state index contributed by atoms with van der Waals surface area (Å²) in [4.78, 5) is 16.5. The Morgan fingerprint density at radius 1 is 1.10 bits per heavy atom. The van der Waals surface area contributed by atoms with Gasteiger partial charge < -0.3 is 11.1 Å². The van der Waals surface area contributed by atoms with E-state index >= 15 is 0 Å². The van der Waals surface area contributed by atoms with Gasteiger partial charge in [-0.05, 0) is 38.5 Å². The maximum absolute atomic E-state index is 12.2. The quantitative estimate of drug-likeness (QED) is 0.900. The van der Waals surface area contributed by atoms with Crippen molar-refractivity contribution in [1.29, 1.82) is 0 Å². The van der Waals surface area contributed by atoms with Gasteiger partial charge in [0.15, 0.2) is 0 Å². The lowest BCUT2D eigenvalue weighted by Crippen LogP contribution is -2.28. The molecule has 2 rings (SSSR count). The minimum atomic E-state index is -0.684. The fourth-order valence-electron chi connectivity index (χ4n) is 1.95. The summed E-state index contributed by atoms with van der Waals surface area (Å²) < 4.78 is 0. The van der Waals surface area contributed by atoms with Crippen LogP contribution < -0.4 is 11.1 Å². The number of carbonyl (C=O) groups is 1. The third-order valence-corrected chi connectivity index (χ3v) is 3.20. The van der Waals surface area contributed by atoms with Gasteiger partial charge in [-0.25, -0.2) is 0 Å². The molecule has 1 atom stereocenters. The molecule has 1 amide bonds. The molecule has 1 unspecified atom stereocenters. The summed E-state index contributed by atoms with van der Waals surface area (Å²) >= 11 is 0. The zero-order valence-corrected chi connectivity index (χ0v) is 12.0. The number of hydrogen-bond donors (Lipinski definition) is 2. The van der Waals surface area contributed by atoms with E-state index < -0.39 is 6.04 Å². The zero-order chi connectivity index (χ0) is 14.7. The highest BCUT2D eigenvalue weighted by atomic mass is 16.2. The van der Waals surface area contributed by atoms with Gasteiger partial charge in [0.25, 0.3) is 0 Å². The van der Waals surface area contributed by atoms with Crippen molar-refractivity contribution in [2.75, 3.05) is 5.32 Å². The predicted octanol–water partition coefficient (Wildman–Crippen LogP) is 2.65. The van der Waals surface area contributed by atoms with Crippen molar-refractivity contribution in [3.8, 4) is 0 Å². The highest BCUT2D eigenvalue weighted by Crippen LogP contribution is 2.17. The van der Waals surface area contributed by atoms with Crippen molar-refractivity contribution in [1.82, 2.24) is 4.98 Å². The lowest BCUT2D eigenvalue weighted by atomic mass is 10.1. The number of rotatable bonds is 3. The average Bonchev–Trinajstić information content (AvgIpc) is 2.42. The van der Waals surface area contributed by atoms with Crippen LogP contribution >= 0.6 is 0 Å². The van der Waals surface area contributed by atoms with E-state index in [0.29, 0.717) is 5.69 Å². The molecule has 4 nitrogen and oxygen atoms in total. The van der Waals surface area contributed by atoms with Gasteiger partial charge in [0.1, 0.15) is 6.04 Å². The van der Waals surface area contributed by atoms with Crippen LogP contribution in [0.15, 0.2) is 36.4 Å². The molecule has 0 saturated carbocycles. The highest BCUT2D eigenvalue weighted by Gasteiger charge is 2.16. The molecule has 1 aromatic carbocycles. The second-order valence-electron chi connectivity index (χ2n) is 4.96. The second kappa shape index (κ2) is 5.84. The normalized spacial score (nSPS) is 12.0. The van der Waals surface area contributed by atoms with Crippen molar-refractivity contribution in [3.63, 3.8) is 0 Å².